The lowest BCUT2D eigenvalue weighted by Gasteiger charge is -2.23. The Kier molecular flexibility index (Phi) is 3.87. The second-order valence-corrected chi connectivity index (χ2v) is 5.69. The Balaban J connectivity index is 1.53. The van der Waals surface area contributed by atoms with E-state index in [9.17, 15) is 4.79 Å². The zero-order valence-corrected chi connectivity index (χ0v) is 11.8. The van der Waals surface area contributed by atoms with Crippen LogP contribution in [0.25, 0.3) is 0 Å². The Morgan fingerprint density at radius 3 is 3.00 bits per heavy atom. The highest BCUT2D eigenvalue weighted by Gasteiger charge is 2.41. The molecular formula is C15H21N3O2. The summed E-state index contributed by atoms with van der Waals surface area (Å²) in [5, 5.41) is 3.10. The molecule has 2 amide bonds. The molecule has 1 N–H and O–H groups in total. The van der Waals surface area contributed by atoms with Gasteiger partial charge in [0.2, 0.25) is 0 Å². The van der Waals surface area contributed by atoms with Gasteiger partial charge in [0.25, 0.3) is 0 Å². The third kappa shape index (κ3) is 3.10. The summed E-state index contributed by atoms with van der Waals surface area (Å²) in [7, 11) is 1.80. The van der Waals surface area contributed by atoms with E-state index in [1.807, 2.05) is 18.2 Å². The Morgan fingerprint density at radius 2 is 2.30 bits per heavy atom. The molecule has 3 rings (SSSR count). The first-order valence-corrected chi connectivity index (χ1v) is 7.27. The maximum absolute atomic E-state index is 12.2. The van der Waals surface area contributed by atoms with E-state index in [0.29, 0.717) is 12.5 Å². The Labute approximate surface area is 119 Å². The van der Waals surface area contributed by atoms with E-state index in [-0.39, 0.29) is 18.2 Å². The number of nitrogens with one attached hydrogen (secondary N) is 1. The van der Waals surface area contributed by atoms with Crippen molar-refractivity contribution in [2.45, 2.75) is 38.0 Å². The molecule has 1 aliphatic carbocycles. The van der Waals surface area contributed by atoms with E-state index in [0.717, 1.165) is 18.7 Å². The number of urea groups is 1. The smallest absolute Gasteiger partial charge is 0.317 e. The van der Waals surface area contributed by atoms with E-state index < -0.39 is 0 Å². The van der Waals surface area contributed by atoms with E-state index in [4.69, 9.17) is 4.74 Å². The Bertz CT molecular complexity index is 461. The zero-order valence-electron chi connectivity index (χ0n) is 11.8. The molecule has 1 aromatic heterocycles. The van der Waals surface area contributed by atoms with Gasteiger partial charge in [-0.2, -0.15) is 0 Å². The van der Waals surface area contributed by atoms with Crippen molar-refractivity contribution in [1.82, 2.24) is 15.2 Å². The van der Waals surface area contributed by atoms with Crippen molar-refractivity contribution in [1.29, 1.82) is 0 Å². The van der Waals surface area contributed by atoms with Crippen LogP contribution >= 0.6 is 0 Å². The summed E-state index contributed by atoms with van der Waals surface area (Å²) in [6.45, 7) is 1.28. The molecular weight excluding hydrogens is 254 g/mol. The van der Waals surface area contributed by atoms with Crippen molar-refractivity contribution in [3.05, 3.63) is 30.1 Å². The molecule has 5 nitrogen and oxygen atoms in total. The van der Waals surface area contributed by atoms with Gasteiger partial charge in [0, 0.05) is 19.9 Å². The average Bonchev–Trinajstić information content (AvgIpc) is 3.20. The van der Waals surface area contributed by atoms with Crippen molar-refractivity contribution in [2.75, 3.05) is 13.7 Å². The molecule has 5 heteroatoms. The van der Waals surface area contributed by atoms with E-state index in [1.165, 1.54) is 12.8 Å². The number of hydrogen-bond acceptors (Lipinski definition) is 3. The highest BCUT2D eigenvalue weighted by atomic mass is 16.5. The van der Waals surface area contributed by atoms with Gasteiger partial charge in [-0.05, 0) is 37.3 Å². The first kappa shape index (κ1) is 13.4. The number of amides is 2. The van der Waals surface area contributed by atoms with Crippen LogP contribution in [-0.2, 0) is 11.3 Å². The molecule has 2 unspecified atom stereocenters. The molecule has 1 aromatic rings. The molecule has 0 bridgehead atoms. The number of carbonyl (C=O) groups is 1. The lowest BCUT2D eigenvalue weighted by molar-refractivity contribution is 0.0812. The minimum Gasteiger partial charge on any atom is -0.376 e. The van der Waals surface area contributed by atoms with Crippen molar-refractivity contribution in [3.8, 4) is 0 Å². The molecule has 1 saturated carbocycles. The second-order valence-electron chi connectivity index (χ2n) is 5.69. The van der Waals surface area contributed by atoms with Crippen LogP contribution in [0.3, 0.4) is 0 Å². The Morgan fingerprint density at radius 1 is 1.45 bits per heavy atom. The fourth-order valence-corrected chi connectivity index (χ4v) is 2.73. The van der Waals surface area contributed by atoms with Gasteiger partial charge in [-0.3, -0.25) is 4.98 Å². The van der Waals surface area contributed by atoms with Crippen LogP contribution < -0.4 is 5.32 Å². The van der Waals surface area contributed by atoms with Crippen LogP contribution in [0, 0.1) is 5.92 Å². The second kappa shape index (κ2) is 5.79. The van der Waals surface area contributed by atoms with Crippen LogP contribution in [0.15, 0.2) is 24.4 Å². The van der Waals surface area contributed by atoms with Crippen LogP contribution in [0.5, 0.6) is 0 Å². The molecule has 20 heavy (non-hydrogen) atoms. The summed E-state index contributed by atoms with van der Waals surface area (Å²) in [5.41, 5.74) is 0.895. The van der Waals surface area contributed by atoms with Gasteiger partial charge >= 0.3 is 6.03 Å². The zero-order chi connectivity index (χ0) is 13.9. The third-order valence-electron chi connectivity index (χ3n) is 4.00. The number of rotatable bonds is 4. The standard InChI is InChI=1S/C15H21N3O2/c1-18(10-12-4-2-3-8-16-12)15(19)17-13-7-9-20-14(13)11-5-6-11/h2-4,8,11,13-14H,5-7,9-10H2,1H3,(H,17,19). The van der Waals surface area contributed by atoms with E-state index in [2.05, 4.69) is 10.3 Å². The summed E-state index contributed by atoms with van der Waals surface area (Å²) in [5.74, 6) is 0.656. The first-order chi connectivity index (χ1) is 9.74. The van der Waals surface area contributed by atoms with Gasteiger partial charge in [-0.15, -0.1) is 0 Å². The highest BCUT2D eigenvalue weighted by molar-refractivity contribution is 5.74. The predicted molar refractivity (Wildman–Crippen MR) is 75.1 cm³/mol. The number of hydrogen-bond donors (Lipinski definition) is 1. The van der Waals surface area contributed by atoms with Crippen molar-refractivity contribution in [3.63, 3.8) is 0 Å². The van der Waals surface area contributed by atoms with Gasteiger partial charge in [0.1, 0.15) is 0 Å². The lowest BCUT2D eigenvalue weighted by Crippen LogP contribution is -2.46. The lowest BCUT2D eigenvalue weighted by atomic mass is 10.1. The normalized spacial score (nSPS) is 25.4. The van der Waals surface area contributed by atoms with E-state index in [1.54, 1.807) is 18.1 Å². The molecule has 1 saturated heterocycles. The maximum Gasteiger partial charge on any atom is 0.317 e. The molecule has 0 spiro atoms. The van der Waals surface area contributed by atoms with Gasteiger partial charge < -0.3 is 15.0 Å². The monoisotopic (exact) mass is 275 g/mol. The number of carbonyl (C=O) groups excluding carboxylic acids is 1. The highest BCUT2D eigenvalue weighted by Crippen LogP contribution is 2.38. The van der Waals surface area contributed by atoms with Crippen molar-refractivity contribution < 1.29 is 9.53 Å². The van der Waals surface area contributed by atoms with Crippen LogP contribution in [0.1, 0.15) is 25.0 Å². The van der Waals surface area contributed by atoms with Gasteiger partial charge in [0.15, 0.2) is 0 Å². The summed E-state index contributed by atoms with van der Waals surface area (Å²) in [6, 6.07) is 5.86. The molecule has 108 valence electrons. The SMILES string of the molecule is CN(Cc1ccccn1)C(=O)NC1CCOC1C1CC1. The fourth-order valence-electron chi connectivity index (χ4n) is 2.73. The van der Waals surface area contributed by atoms with Crippen molar-refractivity contribution in [2.24, 2.45) is 5.92 Å². The summed E-state index contributed by atoms with van der Waals surface area (Å²) in [6.07, 6.45) is 5.36. The summed E-state index contributed by atoms with van der Waals surface area (Å²) >= 11 is 0. The molecule has 2 fully saturated rings. The molecule has 0 radical (unpaired) electrons. The van der Waals surface area contributed by atoms with Crippen molar-refractivity contribution >= 4 is 6.03 Å². The minimum absolute atomic E-state index is 0.0446. The van der Waals surface area contributed by atoms with Gasteiger partial charge in [-0.25, -0.2) is 4.79 Å². The van der Waals surface area contributed by atoms with Gasteiger partial charge in [-0.1, -0.05) is 6.07 Å². The van der Waals surface area contributed by atoms with Crippen LogP contribution in [0.2, 0.25) is 0 Å². The first-order valence-electron chi connectivity index (χ1n) is 7.27. The fraction of sp³-hybridized carbons (Fsp3) is 0.600. The van der Waals surface area contributed by atoms with Gasteiger partial charge in [0.05, 0.1) is 24.4 Å². The molecule has 2 atom stereocenters. The van der Waals surface area contributed by atoms with Crippen LogP contribution in [-0.4, -0.2) is 41.7 Å². The largest absolute Gasteiger partial charge is 0.376 e. The molecule has 1 aliphatic heterocycles. The quantitative estimate of drug-likeness (QED) is 0.911. The third-order valence-corrected chi connectivity index (χ3v) is 4.00. The minimum atomic E-state index is -0.0446. The van der Waals surface area contributed by atoms with Crippen LogP contribution in [0.4, 0.5) is 4.79 Å². The molecule has 0 aromatic carbocycles. The summed E-state index contributed by atoms with van der Waals surface area (Å²) < 4.78 is 5.74. The van der Waals surface area contributed by atoms with E-state index >= 15 is 0 Å². The topological polar surface area (TPSA) is 54.5 Å². The maximum atomic E-state index is 12.2. The predicted octanol–water partition coefficient (Wildman–Crippen LogP) is 1.79. The number of nitrogens with zero attached hydrogens (tertiary/aromatic N) is 2. The Hall–Kier alpha value is -1.62. The number of pyridine rings is 1. The summed E-state index contributed by atoms with van der Waals surface area (Å²) in [4.78, 5) is 18.1. The average molecular weight is 275 g/mol. The molecule has 2 heterocycles. The molecule has 2 aliphatic rings. The number of aromatic nitrogens is 1. The number of ether oxygens (including phenoxy) is 1.